The zero-order valence-electron chi connectivity index (χ0n) is 13.2. The predicted octanol–water partition coefficient (Wildman–Crippen LogP) is 2.13. The number of carbonyl (C=O) groups excluding carboxylic acids is 1. The normalized spacial score (nSPS) is 19.3. The minimum Gasteiger partial charge on any atom is -0.348 e. The Balaban J connectivity index is 1.71. The zero-order chi connectivity index (χ0) is 17.3. The number of halogens is 1. The predicted molar refractivity (Wildman–Crippen MR) is 91.9 cm³/mol. The van der Waals surface area contributed by atoms with E-state index in [0.717, 1.165) is 5.56 Å². The van der Waals surface area contributed by atoms with Crippen LogP contribution in [0.2, 0.25) is 5.02 Å². The largest absolute Gasteiger partial charge is 0.348 e. The number of amides is 1. The van der Waals surface area contributed by atoms with E-state index in [-0.39, 0.29) is 23.5 Å². The van der Waals surface area contributed by atoms with E-state index in [1.54, 1.807) is 17.7 Å². The van der Waals surface area contributed by atoms with E-state index >= 15 is 0 Å². The average molecular weight is 368 g/mol. The molecule has 0 aliphatic carbocycles. The van der Waals surface area contributed by atoms with Gasteiger partial charge >= 0.3 is 0 Å². The first-order valence-corrected chi connectivity index (χ1v) is 9.83. The molecule has 0 saturated carbocycles. The highest BCUT2D eigenvalue weighted by Gasteiger charge is 2.31. The van der Waals surface area contributed by atoms with Crippen molar-refractivity contribution in [3.05, 3.63) is 52.3 Å². The van der Waals surface area contributed by atoms with Crippen LogP contribution in [-0.2, 0) is 16.4 Å². The van der Waals surface area contributed by atoms with Crippen molar-refractivity contribution in [1.29, 1.82) is 0 Å². The number of rotatable bonds is 4. The van der Waals surface area contributed by atoms with E-state index in [1.165, 1.54) is 6.20 Å². The van der Waals surface area contributed by atoms with Crippen molar-refractivity contribution in [2.45, 2.75) is 25.9 Å². The van der Waals surface area contributed by atoms with Crippen LogP contribution in [-0.4, -0.2) is 35.6 Å². The summed E-state index contributed by atoms with van der Waals surface area (Å²) < 4.78 is 24.9. The van der Waals surface area contributed by atoms with E-state index < -0.39 is 9.84 Å². The Morgan fingerprint density at radius 1 is 1.42 bits per heavy atom. The maximum absolute atomic E-state index is 12.4. The van der Waals surface area contributed by atoms with Crippen LogP contribution in [0.4, 0.5) is 0 Å². The Labute approximate surface area is 145 Å². The summed E-state index contributed by atoms with van der Waals surface area (Å²) >= 11 is 6.08. The van der Waals surface area contributed by atoms with Crippen LogP contribution < -0.4 is 5.32 Å². The van der Waals surface area contributed by atoms with Crippen molar-refractivity contribution in [3.8, 4) is 0 Å². The number of nitrogens with zero attached hydrogens (tertiary/aromatic N) is 2. The van der Waals surface area contributed by atoms with Crippen LogP contribution in [0.5, 0.6) is 0 Å². The molecule has 1 atom stereocenters. The summed E-state index contributed by atoms with van der Waals surface area (Å²) in [6.45, 7) is 2.10. The number of hydrogen-bond acceptors (Lipinski definition) is 4. The third-order valence-corrected chi connectivity index (χ3v) is 6.36. The summed E-state index contributed by atoms with van der Waals surface area (Å²) in [6, 6.07) is 7.11. The molecule has 24 heavy (non-hydrogen) atoms. The number of carbonyl (C=O) groups is 1. The van der Waals surface area contributed by atoms with Gasteiger partial charge in [-0.2, -0.15) is 5.10 Å². The number of sulfone groups is 1. The summed E-state index contributed by atoms with van der Waals surface area (Å²) in [6.07, 6.45) is 2.02. The highest BCUT2D eigenvalue weighted by Crippen LogP contribution is 2.25. The fraction of sp³-hybridized carbons (Fsp3) is 0.375. The third kappa shape index (κ3) is 3.47. The summed E-state index contributed by atoms with van der Waals surface area (Å²) in [5, 5.41) is 7.64. The maximum atomic E-state index is 12.4. The Kier molecular flexibility index (Phi) is 4.64. The molecule has 0 bridgehead atoms. The molecule has 1 N–H and O–H groups in total. The van der Waals surface area contributed by atoms with Crippen molar-refractivity contribution in [3.63, 3.8) is 0 Å². The van der Waals surface area contributed by atoms with Gasteiger partial charge in [0.1, 0.15) is 0 Å². The average Bonchev–Trinajstić information content (AvgIpc) is 3.08. The molecule has 2 heterocycles. The van der Waals surface area contributed by atoms with Gasteiger partial charge < -0.3 is 5.32 Å². The standard InChI is InChI=1S/C16H18ClN3O3S/c1-11-14(9-19-20(11)13-6-7-24(22,23)10-13)16(21)18-8-12-4-2-3-5-15(12)17/h2-5,9,13H,6-8,10H2,1H3,(H,18,21). The molecule has 1 aliphatic rings. The first kappa shape index (κ1) is 17.0. The van der Waals surface area contributed by atoms with E-state index in [0.29, 0.717) is 29.2 Å². The van der Waals surface area contributed by atoms with Crippen LogP contribution in [0.1, 0.15) is 34.1 Å². The molecule has 8 heteroatoms. The smallest absolute Gasteiger partial charge is 0.255 e. The van der Waals surface area contributed by atoms with Crippen LogP contribution in [0.15, 0.2) is 30.5 Å². The van der Waals surface area contributed by atoms with Crippen molar-refractivity contribution in [2.75, 3.05) is 11.5 Å². The summed E-state index contributed by atoms with van der Waals surface area (Å²) in [4.78, 5) is 12.4. The lowest BCUT2D eigenvalue weighted by Crippen LogP contribution is -2.24. The molecule has 1 aliphatic heterocycles. The minimum atomic E-state index is -3.00. The molecule has 1 amide bonds. The van der Waals surface area contributed by atoms with Crippen LogP contribution in [0, 0.1) is 6.92 Å². The molecule has 1 fully saturated rings. The Hall–Kier alpha value is -1.86. The van der Waals surface area contributed by atoms with Gasteiger partial charge in [-0.1, -0.05) is 29.8 Å². The fourth-order valence-electron chi connectivity index (χ4n) is 2.90. The summed E-state index contributed by atoms with van der Waals surface area (Å²) in [5.74, 6) is 0.000755. The molecular weight excluding hydrogens is 350 g/mol. The van der Waals surface area contributed by atoms with Crippen molar-refractivity contribution in [2.24, 2.45) is 0 Å². The van der Waals surface area contributed by atoms with Gasteiger partial charge in [0.2, 0.25) is 0 Å². The van der Waals surface area contributed by atoms with Gasteiger partial charge in [0.25, 0.3) is 5.91 Å². The topological polar surface area (TPSA) is 81.1 Å². The fourth-order valence-corrected chi connectivity index (χ4v) is 4.79. The monoisotopic (exact) mass is 367 g/mol. The highest BCUT2D eigenvalue weighted by atomic mass is 35.5. The quantitative estimate of drug-likeness (QED) is 0.897. The molecule has 3 rings (SSSR count). The maximum Gasteiger partial charge on any atom is 0.255 e. The van der Waals surface area contributed by atoms with E-state index in [2.05, 4.69) is 10.4 Å². The molecule has 2 aromatic rings. The lowest BCUT2D eigenvalue weighted by atomic mass is 10.2. The molecule has 1 saturated heterocycles. The van der Waals surface area contributed by atoms with Crippen molar-refractivity contribution >= 4 is 27.3 Å². The van der Waals surface area contributed by atoms with Gasteiger partial charge in [-0.25, -0.2) is 8.42 Å². The van der Waals surface area contributed by atoms with Gasteiger partial charge in [-0.3, -0.25) is 9.48 Å². The summed E-state index contributed by atoms with van der Waals surface area (Å²) in [7, 11) is -3.00. The molecule has 6 nitrogen and oxygen atoms in total. The molecular formula is C16H18ClN3O3S. The van der Waals surface area contributed by atoms with Crippen LogP contribution in [0.25, 0.3) is 0 Å². The zero-order valence-corrected chi connectivity index (χ0v) is 14.8. The number of nitrogens with one attached hydrogen (secondary N) is 1. The summed E-state index contributed by atoms with van der Waals surface area (Å²) in [5.41, 5.74) is 1.96. The molecule has 128 valence electrons. The van der Waals surface area contributed by atoms with Gasteiger partial charge in [0.05, 0.1) is 29.3 Å². The first-order valence-electron chi connectivity index (χ1n) is 7.63. The minimum absolute atomic E-state index is 0.0796. The second kappa shape index (κ2) is 6.57. The number of aromatic nitrogens is 2. The van der Waals surface area contributed by atoms with E-state index in [1.807, 2.05) is 18.2 Å². The van der Waals surface area contributed by atoms with Crippen LogP contribution in [0.3, 0.4) is 0 Å². The third-order valence-electron chi connectivity index (χ3n) is 4.24. The van der Waals surface area contributed by atoms with Crippen molar-refractivity contribution < 1.29 is 13.2 Å². The van der Waals surface area contributed by atoms with Gasteiger partial charge in [0, 0.05) is 17.3 Å². The van der Waals surface area contributed by atoms with Crippen LogP contribution >= 0.6 is 11.6 Å². The molecule has 1 unspecified atom stereocenters. The Morgan fingerprint density at radius 3 is 2.83 bits per heavy atom. The van der Waals surface area contributed by atoms with E-state index in [9.17, 15) is 13.2 Å². The van der Waals surface area contributed by atoms with Gasteiger partial charge in [0.15, 0.2) is 9.84 Å². The molecule has 1 aromatic carbocycles. The Morgan fingerprint density at radius 2 is 2.17 bits per heavy atom. The second-order valence-corrected chi connectivity index (χ2v) is 8.56. The highest BCUT2D eigenvalue weighted by molar-refractivity contribution is 7.91. The van der Waals surface area contributed by atoms with Gasteiger partial charge in [-0.05, 0) is 25.0 Å². The Bertz CT molecular complexity index is 876. The number of benzene rings is 1. The lowest BCUT2D eigenvalue weighted by molar-refractivity contribution is 0.0950. The lowest BCUT2D eigenvalue weighted by Gasteiger charge is -2.11. The van der Waals surface area contributed by atoms with Gasteiger partial charge in [-0.15, -0.1) is 0 Å². The second-order valence-electron chi connectivity index (χ2n) is 5.92. The van der Waals surface area contributed by atoms with Crippen molar-refractivity contribution in [1.82, 2.24) is 15.1 Å². The molecule has 0 radical (unpaired) electrons. The van der Waals surface area contributed by atoms with E-state index in [4.69, 9.17) is 11.6 Å². The molecule has 1 aromatic heterocycles. The SMILES string of the molecule is Cc1c(C(=O)NCc2ccccc2Cl)cnn1C1CCS(=O)(=O)C1. The molecule has 0 spiro atoms. The first-order chi connectivity index (χ1) is 11.4. The number of hydrogen-bond donors (Lipinski definition) is 1.